The molecule has 0 aromatic heterocycles. The second kappa shape index (κ2) is 6.52. The third kappa shape index (κ3) is 4.87. The second-order valence-electron chi connectivity index (χ2n) is 5.34. The number of carbonyl (C=O) groups is 1. The highest BCUT2D eigenvalue weighted by molar-refractivity contribution is 5.77. The minimum absolute atomic E-state index is 0.0855. The fourth-order valence-corrected chi connectivity index (χ4v) is 1.61. The Morgan fingerprint density at radius 2 is 2.05 bits per heavy atom. The number of carbonyl (C=O) groups excluding carboxylic acids is 1. The van der Waals surface area contributed by atoms with Crippen LogP contribution in [0.5, 0.6) is 5.75 Å². The minimum Gasteiger partial charge on any atom is -0.481 e. The van der Waals surface area contributed by atoms with E-state index in [4.69, 9.17) is 10.5 Å². The summed E-state index contributed by atoms with van der Waals surface area (Å²) in [4.78, 5) is 13.4. The Labute approximate surface area is 113 Å². The highest BCUT2D eigenvalue weighted by Gasteiger charge is 2.21. The molecule has 0 unspecified atom stereocenters. The molecule has 0 aliphatic rings. The van der Waals surface area contributed by atoms with Gasteiger partial charge in [-0.15, -0.1) is 0 Å². The summed E-state index contributed by atoms with van der Waals surface area (Å²) in [6.45, 7) is 4.79. The summed E-state index contributed by atoms with van der Waals surface area (Å²) in [5.41, 5.74) is 5.47. The van der Waals surface area contributed by atoms with E-state index in [1.54, 1.807) is 24.1 Å². The van der Waals surface area contributed by atoms with Crippen molar-refractivity contribution in [1.29, 1.82) is 0 Å². The van der Waals surface area contributed by atoms with Gasteiger partial charge in [-0.25, -0.2) is 4.39 Å². The van der Waals surface area contributed by atoms with Gasteiger partial charge in [0.25, 0.3) is 5.91 Å². The molecule has 0 radical (unpaired) electrons. The zero-order chi connectivity index (χ0) is 14.5. The molecule has 0 saturated heterocycles. The first-order chi connectivity index (χ1) is 8.85. The van der Waals surface area contributed by atoms with Gasteiger partial charge in [0.15, 0.2) is 18.2 Å². The quantitative estimate of drug-likeness (QED) is 0.853. The molecule has 1 aromatic carbocycles. The predicted molar refractivity (Wildman–Crippen MR) is 72.4 cm³/mol. The average molecular weight is 268 g/mol. The first-order valence-electron chi connectivity index (χ1n) is 6.17. The van der Waals surface area contributed by atoms with Gasteiger partial charge >= 0.3 is 0 Å². The number of para-hydroxylation sites is 1. The molecule has 1 amide bonds. The standard InChI is InChI=1S/C14H21FN2O2/c1-14(2,9-16)10-17(3)13(18)8-19-12-7-5-4-6-11(12)15/h4-7H,8-10,16H2,1-3H3. The zero-order valence-electron chi connectivity index (χ0n) is 11.6. The number of halogens is 1. The van der Waals surface area contributed by atoms with Crippen molar-refractivity contribution >= 4 is 5.91 Å². The number of nitrogens with two attached hydrogens (primary N) is 1. The Bertz CT molecular complexity index is 435. The van der Waals surface area contributed by atoms with Crippen LogP contribution in [0.25, 0.3) is 0 Å². The van der Waals surface area contributed by atoms with E-state index in [2.05, 4.69) is 0 Å². The summed E-state index contributed by atoms with van der Waals surface area (Å²) < 4.78 is 18.5. The van der Waals surface area contributed by atoms with E-state index in [9.17, 15) is 9.18 Å². The SMILES string of the molecule is CN(CC(C)(C)CN)C(=O)COc1ccccc1F. The summed E-state index contributed by atoms with van der Waals surface area (Å²) in [5, 5.41) is 0. The summed E-state index contributed by atoms with van der Waals surface area (Å²) in [6.07, 6.45) is 0. The maximum absolute atomic E-state index is 13.3. The van der Waals surface area contributed by atoms with Crippen molar-refractivity contribution in [3.63, 3.8) is 0 Å². The van der Waals surface area contributed by atoms with Crippen LogP contribution in [0.1, 0.15) is 13.8 Å². The van der Waals surface area contributed by atoms with E-state index in [1.807, 2.05) is 13.8 Å². The van der Waals surface area contributed by atoms with Crippen LogP contribution in [0.3, 0.4) is 0 Å². The van der Waals surface area contributed by atoms with Crippen molar-refractivity contribution in [3.05, 3.63) is 30.1 Å². The van der Waals surface area contributed by atoms with Crippen molar-refractivity contribution in [1.82, 2.24) is 4.90 Å². The monoisotopic (exact) mass is 268 g/mol. The van der Waals surface area contributed by atoms with E-state index in [1.165, 1.54) is 12.1 Å². The molecule has 0 heterocycles. The Morgan fingerprint density at radius 3 is 2.63 bits per heavy atom. The molecule has 0 spiro atoms. The van der Waals surface area contributed by atoms with Crippen molar-refractivity contribution < 1.29 is 13.9 Å². The number of likely N-dealkylation sites (N-methyl/N-ethyl adjacent to an activating group) is 1. The third-order valence-electron chi connectivity index (χ3n) is 2.83. The minimum atomic E-state index is -0.472. The molecule has 19 heavy (non-hydrogen) atoms. The number of ether oxygens (including phenoxy) is 1. The lowest BCUT2D eigenvalue weighted by molar-refractivity contribution is -0.133. The van der Waals surface area contributed by atoms with Gasteiger partial charge in [0.2, 0.25) is 0 Å². The Balaban J connectivity index is 2.50. The normalized spacial score (nSPS) is 11.2. The van der Waals surface area contributed by atoms with E-state index >= 15 is 0 Å². The van der Waals surface area contributed by atoms with Crippen molar-refractivity contribution in [2.24, 2.45) is 11.1 Å². The first-order valence-corrected chi connectivity index (χ1v) is 6.17. The van der Waals surface area contributed by atoms with Gasteiger partial charge in [0.05, 0.1) is 0 Å². The molecular formula is C14H21FN2O2. The molecule has 5 heteroatoms. The highest BCUT2D eigenvalue weighted by atomic mass is 19.1. The third-order valence-corrected chi connectivity index (χ3v) is 2.83. The van der Waals surface area contributed by atoms with E-state index in [0.29, 0.717) is 13.1 Å². The van der Waals surface area contributed by atoms with Crippen LogP contribution in [-0.4, -0.2) is 37.6 Å². The predicted octanol–water partition coefficient (Wildman–Crippen LogP) is 1.65. The molecular weight excluding hydrogens is 247 g/mol. The lowest BCUT2D eigenvalue weighted by atomic mass is 9.93. The highest BCUT2D eigenvalue weighted by Crippen LogP contribution is 2.16. The summed E-state index contributed by atoms with van der Waals surface area (Å²) in [7, 11) is 1.68. The van der Waals surface area contributed by atoms with Gasteiger partial charge in [-0.1, -0.05) is 26.0 Å². The van der Waals surface area contributed by atoms with Crippen LogP contribution in [0, 0.1) is 11.2 Å². The molecule has 0 atom stereocenters. The summed E-state index contributed by atoms with van der Waals surface area (Å²) in [6, 6.07) is 6.01. The van der Waals surface area contributed by atoms with Gasteiger partial charge < -0.3 is 15.4 Å². The number of amides is 1. The van der Waals surface area contributed by atoms with Gasteiger partial charge in [0, 0.05) is 13.6 Å². The largest absolute Gasteiger partial charge is 0.481 e. The van der Waals surface area contributed by atoms with Crippen LogP contribution in [-0.2, 0) is 4.79 Å². The van der Waals surface area contributed by atoms with E-state index in [0.717, 1.165) is 0 Å². The number of benzene rings is 1. The number of hydrogen-bond donors (Lipinski definition) is 1. The fraction of sp³-hybridized carbons (Fsp3) is 0.500. The Morgan fingerprint density at radius 1 is 1.42 bits per heavy atom. The lowest BCUT2D eigenvalue weighted by Crippen LogP contribution is -2.41. The topological polar surface area (TPSA) is 55.6 Å². The van der Waals surface area contributed by atoms with Crippen LogP contribution in [0.2, 0.25) is 0 Å². The lowest BCUT2D eigenvalue weighted by Gasteiger charge is -2.29. The second-order valence-corrected chi connectivity index (χ2v) is 5.34. The fourth-order valence-electron chi connectivity index (χ4n) is 1.61. The molecule has 106 valence electrons. The summed E-state index contributed by atoms with van der Waals surface area (Å²) >= 11 is 0. The molecule has 1 aromatic rings. The molecule has 2 N–H and O–H groups in total. The molecule has 0 saturated carbocycles. The Hall–Kier alpha value is -1.62. The van der Waals surface area contributed by atoms with Gasteiger partial charge in [-0.05, 0) is 24.1 Å². The molecule has 0 aliphatic heterocycles. The molecule has 1 rings (SSSR count). The number of rotatable bonds is 6. The van der Waals surface area contributed by atoms with Gasteiger partial charge in [-0.3, -0.25) is 4.79 Å². The average Bonchev–Trinajstić information content (AvgIpc) is 2.37. The van der Waals surface area contributed by atoms with Crippen LogP contribution < -0.4 is 10.5 Å². The maximum Gasteiger partial charge on any atom is 0.260 e. The Kier molecular flexibility index (Phi) is 5.30. The molecule has 4 nitrogen and oxygen atoms in total. The molecule has 0 bridgehead atoms. The van der Waals surface area contributed by atoms with Crippen LogP contribution in [0.15, 0.2) is 24.3 Å². The number of hydrogen-bond acceptors (Lipinski definition) is 3. The van der Waals surface area contributed by atoms with Gasteiger partial charge in [-0.2, -0.15) is 0 Å². The van der Waals surface area contributed by atoms with E-state index < -0.39 is 5.82 Å². The van der Waals surface area contributed by atoms with Crippen molar-refractivity contribution in [2.75, 3.05) is 26.7 Å². The summed E-state index contributed by atoms with van der Waals surface area (Å²) in [5.74, 6) is -0.590. The zero-order valence-corrected chi connectivity index (χ0v) is 11.6. The number of nitrogens with zero attached hydrogens (tertiary/aromatic N) is 1. The van der Waals surface area contributed by atoms with Crippen molar-refractivity contribution in [3.8, 4) is 5.75 Å². The maximum atomic E-state index is 13.3. The van der Waals surface area contributed by atoms with Crippen LogP contribution in [0.4, 0.5) is 4.39 Å². The van der Waals surface area contributed by atoms with Crippen molar-refractivity contribution in [2.45, 2.75) is 13.8 Å². The smallest absolute Gasteiger partial charge is 0.260 e. The molecule has 0 aliphatic carbocycles. The van der Waals surface area contributed by atoms with E-state index in [-0.39, 0.29) is 23.7 Å². The first kappa shape index (κ1) is 15.4. The van der Waals surface area contributed by atoms with Crippen LogP contribution >= 0.6 is 0 Å². The van der Waals surface area contributed by atoms with Gasteiger partial charge in [0.1, 0.15) is 0 Å². The molecule has 0 fully saturated rings.